The number of hydrogen-bond acceptors (Lipinski definition) is 4. The van der Waals surface area contributed by atoms with Gasteiger partial charge in [0.1, 0.15) is 6.29 Å². The minimum absolute atomic E-state index is 0.108. The maximum Gasteiger partial charge on any atom is 0.278 e. The third kappa shape index (κ3) is 2.16. The van der Waals surface area contributed by atoms with E-state index in [1.165, 1.54) is 30.4 Å². The van der Waals surface area contributed by atoms with Crippen LogP contribution in [0.5, 0.6) is 0 Å². The first-order chi connectivity index (χ1) is 6.65. The highest BCUT2D eigenvalue weighted by molar-refractivity contribution is 5.77. The molecule has 5 heteroatoms. The Hall–Kier alpha value is -2.17. The quantitative estimate of drug-likeness (QED) is 0.258. The number of rotatable bonds is 3. The lowest BCUT2D eigenvalue weighted by atomic mass is 10.1. The fourth-order valence-corrected chi connectivity index (χ4v) is 1.00. The van der Waals surface area contributed by atoms with Crippen LogP contribution in [0.2, 0.25) is 0 Å². The van der Waals surface area contributed by atoms with Gasteiger partial charge in [-0.15, -0.1) is 0 Å². The summed E-state index contributed by atoms with van der Waals surface area (Å²) < 4.78 is 0. The Kier molecular flexibility index (Phi) is 2.96. The molecule has 0 spiro atoms. The van der Waals surface area contributed by atoms with Gasteiger partial charge in [0.25, 0.3) is 5.69 Å². The molecule has 0 saturated heterocycles. The number of allylic oxidation sites excluding steroid dienone is 1. The fourth-order valence-electron chi connectivity index (χ4n) is 1.00. The average molecular weight is 192 g/mol. The predicted octanol–water partition coefficient (Wildman–Crippen LogP) is 1.39. The molecule has 1 aromatic rings. The van der Waals surface area contributed by atoms with Gasteiger partial charge in [0, 0.05) is 11.8 Å². The first-order valence-electron chi connectivity index (χ1n) is 3.81. The van der Waals surface area contributed by atoms with E-state index >= 15 is 0 Å². The van der Waals surface area contributed by atoms with Gasteiger partial charge in [0.15, 0.2) is 0 Å². The number of hydrogen-bond donors (Lipinski definition) is 1. The first kappa shape index (κ1) is 9.91. The van der Waals surface area contributed by atoms with Crippen LogP contribution in [0.25, 0.3) is 6.08 Å². The molecular weight excluding hydrogens is 184 g/mol. The van der Waals surface area contributed by atoms with Crippen LogP contribution in [-0.4, -0.2) is 11.2 Å². The molecule has 0 amide bonds. The van der Waals surface area contributed by atoms with Crippen molar-refractivity contribution >= 4 is 23.7 Å². The van der Waals surface area contributed by atoms with Crippen molar-refractivity contribution in [3.8, 4) is 0 Å². The second-order valence-electron chi connectivity index (χ2n) is 2.57. The van der Waals surface area contributed by atoms with E-state index in [1.807, 2.05) is 0 Å². The van der Waals surface area contributed by atoms with Crippen molar-refractivity contribution in [3.05, 3.63) is 40.0 Å². The smallest absolute Gasteiger partial charge is 0.278 e. The molecule has 5 nitrogen and oxygen atoms in total. The van der Waals surface area contributed by atoms with Gasteiger partial charge < -0.3 is 5.73 Å². The summed E-state index contributed by atoms with van der Waals surface area (Å²) in [6, 6.07) is 4.29. The summed E-state index contributed by atoms with van der Waals surface area (Å²) in [5, 5.41) is 10.6. The molecule has 0 atom stereocenters. The number of carbonyl (C=O) groups is 1. The summed E-state index contributed by atoms with van der Waals surface area (Å²) >= 11 is 0. The summed E-state index contributed by atoms with van der Waals surface area (Å²) in [5.41, 5.74) is 5.96. The van der Waals surface area contributed by atoms with Crippen molar-refractivity contribution in [1.82, 2.24) is 0 Å². The number of nitrogens with zero attached hydrogens (tertiary/aromatic N) is 1. The van der Waals surface area contributed by atoms with E-state index < -0.39 is 4.92 Å². The van der Waals surface area contributed by atoms with E-state index in [-0.39, 0.29) is 5.69 Å². The van der Waals surface area contributed by atoms with Crippen LogP contribution in [0, 0.1) is 10.1 Å². The van der Waals surface area contributed by atoms with E-state index in [1.54, 1.807) is 0 Å². The molecule has 0 radical (unpaired) electrons. The molecule has 0 aromatic heterocycles. The minimum Gasteiger partial charge on any atom is -0.399 e. The van der Waals surface area contributed by atoms with Crippen molar-refractivity contribution in [3.63, 3.8) is 0 Å². The number of benzene rings is 1. The Balaban J connectivity index is 3.21. The lowest BCUT2D eigenvalue weighted by Gasteiger charge is -1.98. The zero-order valence-electron chi connectivity index (χ0n) is 7.21. The Labute approximate surface area is 80.0 Å². The van der Waals surface area contributed by atoms with E-state index in [0.29, 0.717) is 17.5 Å². The molecule has 0 aliphatic heterocycles. The number of nitrogen functional groups attached to an aromatic ring is 1. The van der Waals surface area contributed by atoms with Crippen LogP contribution in [0.4, 0.5) is 11.4 Å². The molecule has 0 unspecified atom stereocenters. The van der Waals surface area contributed by atoms with Crippen molar-refractivity contribution in [2.24, 2.45) is 0 Å². The van der Waals surface area contributed by atoms with Gasteiger partial charge in [-0.25, -0.2) is 0 Å². The molecule has 0 bridgehead atoms. The van der Waals surface area contributed by atoms with Crippen molar-refractivity contribution in [2.45, 2.75) is 0 Å². The summed E-state index contributed by atoms with van der Waals surface area (Å²) in [6.45, 7) is 0. The Bertz CT molecular complexity index is 399. The van der Waals surface area contributed by atoms with Gasteiger partial charge >= 0.3 is 0 Å². The van der Waals surface area contributed by atoms with Gasteiger partial charge in [-0.3, -0.25) is 14.9 Å². The maximum atomic E-state index is 10.6. The molecule has 0 saturated carbocycles. The van der Waals surface area contributed by atoms with Gasteiger partial charge in [-0.2, -0.15) is 0 Å². The molecule has 1 aromatic carbocycles. The Morgan fingerprint density at radius 3 is 2.71 bits per heavy atom. The van der Waals surface area contributed by atoms with E-state index in [2.05, 4.69) is 0 Å². The topological polar surface area (TPSA) is 86.2 Å². The number of nitro groups is 1. The highest BCUT2D eigenvalue weighted by Crippen LogP contribution is 2.22. The van der Waals surface area contributed by atoms with Crippen LogP contribution in [0.3, 0.4) is 0 Å². The van der Waals surface area contributed by atoms with Crippen molar-refractivity contribution in [2.75, 3.05) is 5.73 Å². The van der Waals surface area contributed by atoms with Crippen molar-refractivity contribution < 1.29 is 9.72 Å². The normalized spacial score (nSPS) is 10.3. The number of carbonyl (C=O) groups excluding carboxylic acids is 1. The van der Waals surface area contributed by atoms with Crippen LogP contribution in [0.1, 0.15) is 5.56 Å². The third-order valence-electron chi connectivity index (χ3n) is 1.61. The molecule has 0 fully saturated rings. The zero-order chi connectivity index (χ0) is 10.6. The van der Waals surface area contributed by atoms with Crippen LogP contribution in [-0.2, 0) is 4.79 Å². The number of anilines is 1. The van der Waals surface area contributed by atoms with Crippen LogP contribution < -0.4 is 5.73 Å². The predicted molar refractivity (Wildman–Crippen MR) is 52.6 cm³/mol. The second kappa shape index (κ2) is 4.18. The number of nitrogens with two attached hydrogens (primary N) is 1. The third-order valence-corrected chi connectivity index (χ3v) is 1.61. The summed E-state index contributed by atoms with van der Waals surface area (Å²) in [7, 11) is 0. The van der Waals surface area contributed by atoms with Crippen molar-refractivity contribution in [1.29, 1.82) is 0 Å². The molecule has 2 N–H and O–H groups in total. The molecule has 72 valence electrons. The molecule has 14 heavy (non-hydrogen) atoms. The molecule has 0 aliphatic rings. The molecular formula is C9H8N2O3. The Morgan fingerprint density at radius 2 is 2.14 bits per heavy atom. The average Bonchev–Trinajstić information content (AvgIpc) is 2.15. The van der Waals surface area contributed by atoms with E-state index in [0.717, 1.165) is 0 Å². The first-order valence-corrected chi connectivity index (χ1v) is 3.81. The summed E-state index contributed by atoms with van der Waals surface area (Å²) in [6.07, 6.45) is 3.11. The number of aldehydes is 1. The zero-order valence-corrected chi connectivity index (χ0v) is 7.21. The minimum atomic E-state index is -0.541. The standard InChI is InChI=1S/C9H8N2O3/c10-8-4-3-7(2-1-5-12)9(6-8)11(13)14/h1-6H,10H2. The maximum absolute atomic E-state index is 10.6. The van der Waals surface area contributed by atoms with E-state index in [4.69, 9.17) is 5.73 Å². The van der Waals surface area contributed by atoms with Crippen LogP contribution in [0.15, 0.2) is 24.3 Å². The highest BCUT2D eigenvalue weighted by Gasteiger charge is 2.10. The Morgan fingerprint density at radius 1 is 1.43 bits per heavy atom. The molecule has 1 rings (SSSR count). The largest absolute Gasteiger partial charge is 0.399 e. The SMILES string of the molecule is Nc1ccc(C=CC=O)c([N+](=O)[O-])c1. The van der Waals surface area contributed by atoms with Gasteiger partial charge in [0.2, 0.25) is 0 Å². The lowest BCUT2D eigenvalue weighted by molar-refractivity contribution is -0.385. The van der Waals surface area contributed by atoms with E-state index in [9.17, 15) is 14.9 Å². The van der Waals surface area contributed by atoms with Gasteiger partial charge in [-0.05, 0) is 24.3 Å². The summed E-state index contributed by atoms with van der Waals surface area (Å²) in [4.78, 5) is 20.1. The highest BCUT2D eigenvalue weighted by atomic mass is 16.6. The molecule has 0 heterocycles. The second-order valence-corrected chi connectivity index (χ2v) is 2.57. The lowest BCUT2D eigenvalue weighted by Crippen LogP contribution is -1.94. The fraction of sp³-hybridized carbons (Fsp3) is 0. The van der Waals surface area contributed by atoms with Gasteiger partial charge in [-0.1, -0.05) is 0 Å². The number of nitro benzene ring substituents is 1. The van der Waals surface area contributed by atoms with Crippen LogP contribution >= 0.6 is 0 Å². The monoisotopic (exact) mass is 192 g/mol. The molecule has 0 aliphatic carbocycles. The van der Waals surface area contributed by atoms with Gasteiger partial charge in [0.05, 0.1) is 10.5 Å². The summed E-state index contributed by atoms with van der Waals surface area (Å²) in [5.74, 6) is 0.